The van der Waals surface area contributed by atoms with Gasteiger partial charge in [0.05, 0.1) is 12.1 Å². The molecule has 2 N–H and O–H groups in total. The second kappa shape index (κ2) is 4.67. The van der Waals surface area contributed by atoms with Gasteiger partial charge in [-0.1, -0.05) is 37.3 Å². The fourth-order valence-electron chi connectivity index (χ4n) is 3.11. The summed E-state index contributed by atoms with van der Waals surface area (Å²) in [5, 5.41) is 11.0. The van der Waals surface area contributed by atoms with Crippen molar-refractivity contribution >= 4 is 0 Å². The second-order valence-corrected chi connectivity index (χ2v) is 6.94. The molecule has 0 saturated carbocycles. The van der Waals surface area contributed by atoms with Gasteiger partial charge in [-0.05, 0) is 32.8 Å². The molecule has 1 saturated heterocycles. The minimum atomic E-state index is -0.665. The Bertz CT molecular complexity index is 395. The maximum Gasteiger partial charge on any atom is 0.139 e. The molecule has 3 atom stereocenters. The molecule has 0 spiro atoms. The van der Waals surface area contributed by atoms with Crippen molar-refractivity contribution in [1.29, 1.82) is 0 Å². The van der Waals surface area contributed by atoms with E-state index in [0.717, 1.165) is 25.1 Å². The Kier molecular flexibility index (Phi) is 3.52. The molecule has 0 bridgehead atoms. The summed E-state index contributed by atoms with van der Waals surface area (Å²) in [4.78, 5) is 1.49. The van der Waals surface area contributed by atoms with Crippen molar-refractivity contribution in [2.75, 3.05) is 13.1 Å². The first-order chi connectivity index (χ1) is 8.31. The van der Waals surface area contributed by atoms with Crippen molar-refractivity contribution < 1.29 is 10.0 Å². The van der Waals surface area contributed by atoms with E-state index in [1.165, 1.54) is 4.90 Å². The first kappa shape index (κ1) is 13.6. The van der Waals surface area contributed by atoms with E-state index in [-0.39, 0.29) is 5.54 Å². The van der Waals surface area contributed by atoms with Gasteiger partial charge in [-0.15, -0.1) is 0 Å². The summed E-state index contributed by atoms with van der Waals surface area (Å²) in [5.41, 5.74) is 0.595. The van der Waals surface area contributed by atoms with Gasteiger partial charge in [-0.25, -0.2) is 0 Å². The van der Waals surface area contributed by atoms with Crippen LogP contribution in [0.15, 0.2) is 30.3 Å². The largest absolute Gasteiger partial charge is 0.379 e. The lowest BCUT2D eigenvalue weighted by Crippen LogP contribution is -3.21. The molecule has 1 aliphatic heterocycles. The molecular weight excluding hydrogens is 222 g/mol. The Balaban J connectivity index is 2.28. The third-order valence-corrected chi connectivity index (χ3v) is 4.16. The maximum atomic E-state index is 11.0. The number of piperidine rings is 1. The van der Waals surface area contributed by atoms with Gasteiger partial charge in [0.1, 0.15) is 12.1 Å². The van der Waals surface area contributed by atoms with Crippen LogP contribution in [0.5, 0.6) is 0 Å². The minimum absolute atomic E-state index is 0.192. The van der Waals surface area contributed by atoms with E-state index in [0.29, 0.717) is 5.92 Å². The van der Waals surface area contributed by atoms with E-state index in [4.69, 9.17) is 0 Å². The number of quaternary nitrogens is 1. The number of benzene rings is 1. The molecule has 0 radical (unpaired) electrons. The van der Waals surface area contributed by atoms with E-state index in [1.54, 1.807) is 0 Å². The Morgan fingerprint density at radius 2 is 1.83 bits per heavy atom. The van der Waals surface area contributed by atoms with Crippen LogP contribution in [-0.4, -0.2) is 23.7 Å². The highest BCUT2D eigenvalue weighted by Crippen LogP contribution is 2.29. The van der Waals surface area contributed by atoms with Crippen molar-refractivity contribution in [2.24, 2.45) is 5.92 Å². The number of nitrogens with one attached hydrogen (secondary N) is 1. The van der Waals surface area contributed by atoms with Crippen LogP contribution in [0.1, 0.15) is 39.7 Å². The number of rotatable bonds is 1. The lowest BCUT2D eigenvalue weighted by atomic mass is 9.79. The van der Waals surface area contributed by atoms with Crippen LogP contribution in [0.25, 0.3) is 0 Å². The molecule has 1 aromatic carbocycles. The lowest BCUT2D eigenvalue weighted by molar-refractivity contribution is -0.961. The van der Waals surface area contributed by atoms with E-state index < -0.39 is 5.60 Å². The Hall–Kier alpha value is -0.860. The normalized spacial score (nSPS) is 33.4. The zero-order chi connectivity index (χ0) is 13.4. The van der Waals surface area contributed by atoms with Gasteiger partial charge >= 0.3 is 0 Å². The fraction of sp³-hybridized carbons (Fsp3) is 0.625. The highest BCUT2D eigenvalue weighted by molar-refractivity contribution is 5.22. The highest BCUT2D eigenvalue weighted by atomic mass is 16.3. The summed E-state index contributed by atoms with van der Waals surface area (Å²) in [7, 11) is 0. The van der Waals surface area contributed by atoms with Crippen LogP contribution in [0, 0.1) is 5.92 Å². The summed E-state index contributed by atoms with van der Waals surface area (Å²) >= 11 is 0. The molecular formula is C16H26NO+. The van der Waals surface area contributed by atoms with Crippen LogP contribution in [-0.2, 0) is 5.60 Å². The molecule has 2 nitrogen and oxygen atoms in total. The molecule has 0 amide bonds. The van der Waals surface area contributed by atoms with Gasteiger partial charge in [-0.3, -0.25) is 0 Å². The fourth-order valence-corrected chi connectivity index (χ4v) is 3.11. The van der Waals surface area contributed by atoms with Crippen LogP contribution in [0.2, 0.25) is 0 Å². The van der Waals surface area contributed by atoms with Crippen LogP contribution >= 0.6 is 0 Å². The Labute approximate surface area is 111 Å². The summed E-state index contributed by atoms with van der Waals surface area (Å²) in [6.07, 6.45) is 0.872. The van der Waals surface area contributed by atoms with Gasteiger partial charge in [0.2, 0.25) is 0 Å². The highest BCUT2D eigenvalue weighted by Gasteiger charge is 2.44. The van der Waals surface area contributed by atoms with Crippen LogP contribution in [0.4, 0.5) is 0 Å². The quantitative estimate of drug-likeness (QED) is 0.775. The van der Waals surface area contributed by atoms with E-state index in [9.17, 15) is 5.11 Å². The number of hydrogen-bond acceptors (Lipinski definition) is 1. The number of aliphatic hydroxyl groups is 1. The Morgan fingerprint density at radius 1 is 1.22 bits per heavy atom. The molecule has 1 heterocycles. The molecule has 18 heavy (non-hydrogen) atoms. The zero-order valence-corrected chi connectivity index (χ0v) is 12.0. The molecule has 1 unspecified atom stereocenters. The predicted octanol–water partition coefficient (Wildman–Crippen LogP) is 1.60. The first-order valence-electron chi connectivity index (χ1n) is 6.94. The van der Waals surface area contributed by atoms with E-state index in [1.807, 2.05) is 18.2 Å². The number of likely N-dealkylation sites (tertiary alicyclic amines) is 1. The molecule has 100 valence electrons. The monoisotopic (exact) mass is 248 g/mol. The van der Waals surface area contributed by atoms with Crippen molar-refractivity contribution in [3.05, 3.63) is 35.9 Å². The standard InChI is InChI=1S/C16H25NO/c1-13-10-16(18,14-8-6-5-7-9-14)12-17(11-13)15(2,3)4/h5-9,13,18H,10-12H2,1-4H3/p+1/t13-,16-/m1/s1. The van der Waals surface area contributed by atoms with Crippen LogP contribution < -0.4 is 4.90 Å². The average molecular weight is 248 g/mol. The van der Waals surface area contributed by atoms with Crippen molar-refractivity contribution in [3.63, 3.8) is 0 Å². The predicted molar refractivity (Wildman–Crippen MR) is 74.6 cm³/mol. The van der Waals surface area contributed by atoms with Crippen LogP contribution in [0.3, 0.4) is 0 Å². The molecule has 0 aliphatic carbocycles. The minimum Gasteiger partial charge on any atom is -0.379 e. The topological polar surface area (TPSA) is 24.7 Å². The van der Waals surface area contributed by atoms with Gasteiger partial charge < -0.3 is 10.0 Å². The van der Waals surface area contributed by atoms with Crippen molar-refractivity contribution in [3.8, 4) is 0 Å². The van der Waals surface area contributed by atoms with Gasteiger partial charge in [0.15, 0.2) is 0 Å². The lowest BCUT2D eigenvalue weighted by Gasteiger charge is -2.45. The first-order valence-corrected chi connectivity index (χ1v) is 6.94. The summed E-state index contributed by atoms with van der Waals surface area (Å²) in [6.45, 7) is 11.0. The molecule has 1 fully saturated rings. The third-order valence-electron chi connectivity index (χ3n) is 4.16. The molecule has 1 aliphatic rings. The van der Waals surface area contributed by atoms with Gasteiger partial charge in [0.25, 0.3) is 0 Å². The van der Waals surface area contributed by atoms with Crippen molar-refractivity contribution in [2.45, 2.75) is 45.3 Å². The van der Waals surface area contributed by atoms with E-state index in [2.05, 4.69) is 39.8 Å². The SMILES string of the molecule is C[C@H]1C[NH+](C(C)(C)C)C[C@@](O)(c2ccccc2)C1. The van der Waals surface area contributed by atoms with Crippen molar-refractivity contribution in [1.82, 2.24) is 0 Å². The summed E-state index contributed by atoms with van der Waals surface area (Å²) in [5.74, 6) is 0.554. The number of hydrogen-bond donors (Lipinski definition) is 2. The van der Waals surface area contributed by atoms with Gasteiger partial charge in [0, 0.05) is 5.92 Å². The Morgan fingerprint density at radius 3 is 2.39 bits per heavy atom. The summed E-state index contributed by atoms with van der Waals surface area (Å²) < 4.78 is 0. The maximum absolute atomic E-state index is 11.0. The summed E-state index contributed by atoms with van der Waals surface area (Å²) in [6, 6.07) is 10.1. The van der Waals surface area contributed by atoms with E-state index >= 15 is 0 Å². The smallest absolute Gasteiger partial charge is 0.139 e. The molecule has 2 heteroatoms. The second-order valence-electron chi connectivity index (χ2n) is 6.94. The average Bonchev–Trinajstić information content (AvgIpc) is 2.28. The molecule has 1 aromatic rings. The molecule has 0 aromatic heterocycles. The van der Waals surface area contributed by atoms with Gasteiger partial charge in [-0.2, -0.15) is 0 Å². The third kappa shape index (κ3) is 2.76. The zero-order valence-electron chi connectivity index (χ0n) is 12.0. The molecule has 2 rings (SSSR count).